The Bertz CT molecular complexity index is 361. The van der Waals surface area contributed by atoms with Crippen LogP contribution in [0.25, 0.3) is 0 Å². The predicted molar refractivity (Wildman–Crippen MR) is 111 cm³/mol. The lowest BCUT2D eigenvalue weighted by molar-refractivity contribution is 0.206. The molecule has 1 heterocycles. The lowest BCUT2D eigenvalue weighted by Gasteiger charge is -2.30. The van der Waals surface area contributed by atoms with E-state index < -0.39 is 0 Å². The molecule has 0 aromatic heterocycles. The molecule has 2 heteroatoms. The molecule has 1 N–H and O–H groups in total. The van der Waals surface area contributed by atoms with Crippen molar-refractivity contribution >= 4 is 0 Å². The second-order valence-corrected chi connectivity index (χ2v) is 9.89. The third-order valence-corrected chi connectivity index (χ3v) is 6.86. The number of hydrogen-bond acceptors (Lipinski definition) is 2. The highest BCUT2D eigenvalue weighted by atomic mass is 15.3. The molecule has 1 saturated heterocycles. The summed E-state index contributed by atoms with van der Waals surface area (Å²) in [7, 11) is 0. The molecule has 0 spiro atoms. The minimum Gasteiger partial charge on any atom is -0.304 e. The van der Waals surface area contributed by atoms with Gasteiger partial charge in [-0.25, -0.2) is 0 Å². The highest BCUT2D eigenvalue weighted by Crippen LogP contribution is 2.56. The predicted octanol–water partition coefficient (Wildman–Crippen LogP) is 5.92. The fraction of sp³-hybridized carbons (Fsp3) is 1.00. The SMILES string of the molecule is CCCC(CC(C)(C)CCCCCNCN1CC1)[C@@H]1C(C)C1CCC. The molecule has 25 heavy (non-hydrogen) atoms. The maximum absolute atomic E-state index is 3.56. The lowest BCUT2D eigenvalue weighted by atomic mass is 9.75. The van der Waals surface area contributed by atoms with Crippen molar-refractivity contribution in [3.05, 3.63) is 0 Å². The van der Waals surface area contributed by atoms with Crippen LogP contribution in [0.15, 0.2) is 0 Å². The Morgan fingerprint density at radius 2 is 1.84 bits per heavy atom. The number of unbranched alkanes of at least 4 members (excludes halogenated alkanes) is 2. The second kappa shape index (κ2) is 10.3. The zero-order valence-corrected chi connectivity index (χ0v) is 17.9. The van der Waals surface area contributed by atoms with E-state index in [1.807, 2.05) is 0 Å². The van der Waals surface area contributed by atoms with Crippen molar-refractivity contribution in [2.24, 2.45) is 29.1 Å². The van der Waals surface area contributed by atoms with Gasteiger partial charge in [0, 0.05) is 19.8 Å². The summed E-state index contributed by atoms with van der Waals surface area (Å²) in [4.78, 5) is 2.45. The van der Waals surface area contributed by atoms with E-state index in [4.69, 9.17) is 0 Å². The highest BCUT2D eigenvalue weighted by Gasteiger charge is 2.50. The maximum Gasteiger partial charge on any atom is 0.0481 e. The van der Waals surface area contributed by atoms with Crippen LogP contribution in [0.1, 0.15) is 92.4 Å². The van der Waals surface area contributed by atoms with Crippen molar-refractivity contribution in [2.75, 3.05) is 26.3 Å². The van der Waals surface area contributed by atoms with Gasteiger partial charge in [0.25, 0.3) is 0 Å². The number of rotatable bonds is 15. The summed E-state index contributed by atoms with van der Waals surface area (Å²) < 4.78 is 0. The van der Waals surface area contributed by atoms with Gasteiger partial charge in [0.05, 0.1) is 0 Å². The molecule has 3 unspecified atom stereocenters. The Hall–Kier alpha value is -0.0800. The Kier molecular flexibility index (Phi) is 8.75. The standard InChI is InChI=1S/C23H46N2/c1-6-11-20(22-19(3)21(22)12-7-2)17-23(4,5)13-9-8-10-14-24-18-25-15-16-25/h19-22,24H,6-18H2,1-5H3/t19?,20?,21?,22-/m0/s1. The molecule has 2 nitrogen and oxygen atoms in total. The molecule has 0 amide bonds. The Morgan fingerprint density at radius 1 is 1.08 bits per heavy atom. The van der Waals surface area contributed by atoms with Crippen molar-refractivity contribution in [2.45, 2.75) is 92.4 Å². The van der Waals surface area contributed by atoms with Crippen molar-refractivity contribution in [3.63, 3.8) is 0 Å². The third kappa shape index (κ3) is 7.59. The molecule has 0 radical (unpaired) electrons. The monoisotopic (exact) mass is 350 g/mol. The van der Waals surface area contributed by atoms with E-state index in [-0.39, 0.29) is 0 Å². The highest BCUT2D eigenvalue weighted by molar-refractivity contribution is 4.98. The first kappa shape index (κ1) is 21.2. The molecular formula is C23H46N2. The molecule has 1 aliphatic carbocycles. The van der Waals surface area contributed by atoms with Crippen LogP contribution in [0.5, 0.6) is 0 Å². The van der Waals surface area contributed by atoms with Crippen LogP contribution in [0, 0.1) is 29.1 Å². The second-order valence-electron chi connectivity index (χ2n) is 9.89. The van der Waals surface area contributed by atoms with Gasteiger partial charge in [-0.05, 0) is 54.9 Å². The first-order valence-electron chi connectivity index (χ1n) is 11.4. The van der Waals surface area contributed by atoms with Gasteiger partial charge < -0.3 is 5.32 Å². The van der Waals surface area contributed by atoms with Gasteiger partial charge in [-0.2, -0.15) is 0 Å². The van der Waals surface area contributed by atoms with Crippen molar-refractivity contribution in [1.29, 1.82) is 0 Å². The van der Waals surface area contributed by atoms with E-state index in [2.05, 4.69) is 44.8 Å². The quantitative estimate of drug-likeness (QED) is 0.291. The van der Waals surface area contributed by atoms with Gasteiger partial charge in [0.2, 0.25) is 0 Å². The third-order valence-electron chi connectivity index (χ3n) is 6.86. The van der Waals surface area contributed by atoms with Gasteiger partial charge in [0.15, 0.2) is 0 Å². The molecule has 1 saturated carbocycles. The average molecular weight is 351 g/mol. The smallest absolute Gasteiger partial charge is 0.0481 e. The topological polar surface area (TPSA) is 15.0 Å². The van der Waals surface area contributed by atoms with E-state index in [0.29, 0.717) is 5.41 Å². The van der Waals surface area contributed by atoms with Crippen LogP contribution in [0.4, 0.5) is 0 Å². The van der Waals surface area contributed by atoms with Crippen LogP contribution in [-0.4, -0.2) is 31.2 Å². The summed E-state index contributed by atoms with van der Waals surface area (Å²) in [6, 6.07) is 0. The summed E-state index contributed by atoms with van der Waals surface area (Å²) in [6.45, 7) is 17.3. The average Bonchev–Trinajstić information content (AvgIpc) is 3.46. The van der Waals surface area contributed by atoms with Gasteiger partial charge >= 0.3 is 0 Å². The minimum absolute atomic E-state index is 0.534. The van der Waals surface area contributed by atoms with Gasteiger partial charge in [-0.3, -0.25) is 4.90 Å². The van der Waals surface area contributed by atoms with Crippen LogP contribution in [0.2, 0.25) is 0 Å². The molecule has 0 aromatic carbocycles. The van der Waals surface area contributed by atoms with Crippen LogP contribution in [-0.2, 0) is 0 Å². The molecule has 2 aliphatic rings. The summed E-state index contributed by atoms with van der Waals surface area (Å²) in [5.74, 6) is 4.08. The first-order valence-corrected chi connectivity index (χ1v) is 11.4. The molecule has 0 bridgehead atoms. The van der Waals surface area contributed by atoms with Gasteiger partial charge in [-0.15, -0.1) is 0 Å². The molecule has 0 aromatic rings. The molecule has 2 rings (SSSR count). The van der Waals surface area contributed by atoms with Crippen molar-refractivity contribution in [1.82, 2.24) is 10.2 Å². The number of hydrogen-bond donors (Lipinski definition) is 1. The summed E-state index contributed by atoms with van der Waals surface area (Å²) in [5.41, 5.74) is 0.534. The van der Waals surface area contributed by atoms with E-state index >= 15 is 0 Å². The summed E-state index contributed by atoms with van der Waals surface area (Å²) in [6.07, 6.45) is 12.7. The minimum atomic E-state index is 0.534. The first-order chi connectivity index (χ1) is 12.0. The van der Waals surface area contributed by atoms with E-state index in [9.17, 15) is 0 Å². The molecule has 4 atom stereocenters. The largest absolute Gasteiger partial charge is 0.304 e. The Balaban J connectivity index is 1.62. The molecule has 1 aliphatic heterocycles. The van der Waals surface area contributed by atoms with E-state index in [1.165, 1.54) is 77.4 Å². The zero-order valence-electron chi connectivity index (χ0n) is 17.9. The van der Waals surface area contributed by atoms with Crippen LogP contribution >= 0.6 is 0 Å². The fourth-order valence-corrected chi connectivity index (χ4v) is 5.26. The van der Waals surface area contributed by atoms with E-state index in [1.54, 1.807) is 0 Å². The van der Waals surface area contributed by atoms with Crippen LogP contribution in [0.3, 0.4) is 0 Å². The Morgan fingerprint density at radius 3 is 2.48 bits per heavy atom. The summed E-state index contributed by atoms with van der Waals surface area (Å²) in [5, 5.41) is 3.56. The normalized spacial score (nSPS) is 27.5. The van der Waals surface area contributed by atoms with Crippen LogP contribution < -0.4 is 5.32 Å². The van der Waals surface area contributed by atoms with Crippen molar-refractivity contribution in [3.8, 4) is 0 Å². The van der Waals surface area contributed by atoms with Crippen molar-refractivity contribution < 1.29 is 0 Å². The lowest BCUT2D eigenvalue weighted by Crippen LogP contribution is -2.22. The molecule has 148 valence electrons. The molecule has 2 fully saturated rings. The zero-order chi connectivity index (χ0) is 18.3. The summed E-state index contributed by atoms with van der Waals surface area (Å²) >= 11 is 0. The van der Waals surface area contributed by atoms with Gasteiger partial charge in [0.1, 0.15) is 0 Å². The van der Waals surface area contributed by atoms with E-state index in [0.717, 1.165) is 30.3 Å². The number of nitrogens with one attached hydrogen (secondary N) is 1. The Labute approximate surface area is 158 Å². The van der Waals surface area contributed by atoms with Gasteiger partial charge in [-0.1, -0.05) is 73.1 Å². The fourth-order valence-electron chi connectivity index (χ4n) is 5.26. The maximum atomic E-state index is 3.56. The molecular weight excluding hydrogens is 304 g/mol. The number of nitrogens with zero attached hydrogens (tertiary/aromatic N) is 1.